The molecule has 3 aromatic rings. The summed E-state index contributed by atoms with van der Waals surface area (Å²) in [6.07, 6.45) is 2.18. The smallest absolute Gasteiger partial charge is 0.330 e. The van der Waals surface area contributed by atoms with Crippen LogP contribution in [0.15, 0.2) is 102 Å². The molecule has 0 saturated carbocycles. The minimum Gasteiger partial charge on any atom is -0.467 e. The van der Waals surface area contributed by atoms with Gasteiger partial charge in [0.25, 0.3) is 0 Å². The first-order chi connectivity index (χ1) is 14.7. The van der Waals surface area contributed by atoms with Gasteiger partial charge in [0.15, 0.2) is 6.04 Å². The Kier molecular flexibility index (Phi) is 7.70. The van der Waals surface area contributed by atoms with Gasteiger partial charge in [-0.1, -0.05) is 97.1 Å². The number of rotatable bonds is 8. The van der Waals surface area contributed by atoms with Crippen LogP contribution in [0.2, 0.25) is 0 Å². The molecular weight excluding hydrogens is 374 g/mol. The van der Waals surface area contributed by atoms with Gasteiger partial charge in [0.1, 0.15) is 0 Å². The van der Waals surface area contributed by atoms with Crippen molar-refractivity contribution < 1.29 is 14.6 Å². The molecule has 4 heteroatoms. The summed E-state index contributed by atoms with van der Waals surface area (Å²) in [5.41, 5.74) is 4.24. The van der Waals surface area contributed by atoms with Crippen molar-refractivity contribution in [2.75, 3.05) is 13.7 Å². The standard InChI is InChI=1S/C26H25NO3/c1-30-26(29)24(18-17-23(19-28)20-11-5-2-6-12-20)27-25(21-13-7-3-8-14-21)22-15-9-4-10-16-22/h2-17,24,28H,18-19H2,1H3/b23-17+. The van der Waals surface area contributed by atoms with E-state index >= 15 is 0 Å². The van der Waals surface area contributed by atoms with Crippen LogP contribution >= 0.6 is 0 Å². The molecule has 4 nitrogen and oxygen atoms in total. The van der Waals surface area contributed by atoms with Crippen molar-refractivity contribution in [3.8, 4) is 0 Å². The van der Waals surface area contributed by atoms with Gasteiger partial charge in [-0.3, -0.25) is 4.99 Å². The molecule has 0 heterocycles. The first-order valence-electron chi connectivity index (χ1n) is 9.84. The van der Waals surface area contributed by atoms with Crippen LogP contribution in [0.25, 0.3) is 5.57 Å². The summed E-state index contributed by atoms with van der Waals surface area (Å²) in [6, 6.07) is 28.4. The van der Waals surface area contributed by atoms with Crippen molar-refractivity contribution in [1.29, 1.82) is 0 Å². The number of carbonyl (C=O) groups excluding carboxylic acids is 1. The van der Waals surface area contributed by atoms with Crippen LogP contribution in [-0.4, -0.2) is 36.5 Å². The number of carbonyl (C=O) groups is 1. The summed E-state index contributed by atoms with van der Waals surface area (Å²) in [4.78, 5) is 17.3. The topological polar surface area (TPSA) is 58.9 Å². The second-order valence-electron chi connectivity index (χ2n) is 6.74. The van der Waals surface area contributed by atoms with Crippen molar-refractivity contribution in [3.05, 3.63) is 114 Å². The second-order valence-corrected chi connectivity index (χ2v) is 6.74. The SMILES string of the molecule is COC(=O)C(C/C=C(\CO)c1ccccc1)N=C(c1ccccc1)c1ccccc1. The van der Waals surface area contributed by atoms with Crippen LogP contribution < -0.4 is 0 Å². The highest BCUT2D eigenvalue weighted by atomic mass is 16.5. The maximum Gasteiger partial charge on any atom is 0.330 e. The molecule has 0 amide bonds. The van der Waals surface area contributed by atoms with E-state index in [2.05, 4.69) is 0 Å². The predicted molar refractivity (Wildman–Crippen MR) is 120 cm³/mol. The number of aliphatic imine (C=N–C) groups is 1. The summed E-state index contributed by atoms with van der Waals surface area (Å²) >= 11 is 0. The fourth-order valence-electron chi connectivity index (χ4n) is 3.18. The van der Waals surface area contributed by atoms with E-state index < -0.39 is 12.0 Å². The van der Waals surface area contributed by atoms with E-state index in [-0.39, 0.29) is 6.61 Å². The third-order valence-corrected chi connectivity index (χ3v) is 4.76. The van der Waals surface area contributed by atoms with Gasteiger partial charge < -0.3 is 9.84 Å². The maximum atomic E-state index is 12.5. The van der Waals surface area contributed by atoms with Crippen molar-refractivity contribution in [3.63, 3.8) is 0 Å². The molecule has 0 aromatic heterocycles. The lowest BCUT2D eigenvalue weighted by atomic mass is 10.0. The lowest BCUT2D eigenvalue weighted by molar-refractivity contribution is -0.141. The van der Waals surface area contributed by atoms with Crippen molar-refractivity contribution in [2.45, 2.75) is 12.5 Å². The number of hydrogen-bond acceptors (Lipinski definition) is 4. The van der Waals surface area contributed by atoms with Gasteiger partial charge in [-0.2, -0.15) is 0 Å². The Labute approximate surface area is 177 Å². The highest BCUT2D eigenvalue weighted by molar-refractivity contribution is 6.13. The monoisotopic (exact) mass is 399 g/mol. The molecule has 0 aliphatic rings. The number of esters is 1. The minimum absolute atomic E-state index is 0.119. The van der Waals surface area contributed by atoms with Crippen molar-refractivity contribution in [2.24, 2.45) is 4.99 Å². The van der Waals surface area contributed by atoms with Crippen LogP contribution in [0.4, 0.5) is 0 Å². The zero-order valence-electron chi connectivity index (χ0n) is 16.9. The normalized spacial score (nSPS) is 12.1. The second kappa shape index (κ2) is 10.9. The Hall–Kier alpha value is -3.50. The van der Waals surface area contributed by atoms with Crippen molar-refractivity contribution in [1.82, 2.24) is 0 Å². The number of hydrogen-bond donors (Lipinski definition) is 1. The highest BCUT2D eigenvalue weighted by Crippen LogP contribution is 2.18. The molecule has 1 unspecified atom stereocenters. The van der Waals surface area contributed by atoms with E-state index in [1.165, 1.54) is 7.11 Å². The molecule has 0 bridgehead atoms. The molecule has 152 valence electrons. The number of methoxy groups -OCH3 is 1. The average molecular weight is 399 g/mol. The van der Waals surface area contributed by atoms with E-state index in [0.29, 0.717) is 6.42 Å². The highest BCUT2D eigenvalue weighted by Gasteiger charge is 2.20. The Bertz CT molecular complexity index is 955. The molecule has 0 saturated heterocycles. The molecule has 3 rings (SSSR count). The third kappa shape index (κ3) is 5.52. The average Bonchev–Trinajstić information content (AvgIpc) is 2.82. The van der Waals surface area contributed by atoms with Crippen molar-refractivity contribution >= 4 is 17.3 Å². The molecule has 0 spiro atoms. The lowest BCUT2D eigenvalue weighted by Crippen LogP contribution is -2.22. The molecule has 0 radical (unpaired) electrons. The summed E-state index contributed by atoms with van der Waals surface area (Å²) in [5.74, 6) is -0.416. The van der Waals surface area contributed by atoms with Crippen LogP contribution in [0.1, 0.15) is 23.1 Å². The van der Waals surface area contributed by atoms with Gasteiger partial charge in [-0.15, -0.1) is 0 Å². The Morgan fingerprint density at radius 2 is 1.33 bits per heavy atom. The van der Waals surface area contributed by atoms with Gasteiger partial charge in [0.05, 0.1) is 19.4 Å². The van der Waals surface area contributed by atoms with E-state index in [1.54, 1.807) is 0 Å². The summed E-state index contributed by atoms with van der Waals surface area (Å²) in [7, 11) is 1.36. The fraction of sp³-hybridized carbons (Fsp3) is 0.154. The van der Waals surface area contributed by atoms with E-state index in [0.717, 1.165) is 28.0 Å². The van der Waals surface area contributed by atoms with Crippen LogP contribution in [0, 0.1) is 0 Å². The molecule has 30 heavy (non-hydrogen) atoms. The van der Waals surface area contributed by atoms with Gasteiger partial charge in [-0.05, 0) is 17.6 Å². The number of aliphatic hydroxyl groups is 1. The molecule has 0 aliphatic carbocycles. The summed E-state index contributed by atoms with van der Waals surface area (Å²) < 4.78 is 5.02. The zero-order chi connectivity index (χ0) is 21.2. The van der Waals surface area contributed by atoms with Crippen LogP contribution in [0.5, 0.6) is 0 Å². The molecule has 1 N–H and O–H groups in total. The maximum absolute atomic E-state index is 12.5. The Morgan fingerprint density at radius 3 is 1.77 bits per heavy atom. The Balaban J connectivity index is 1.99. The quantitative estimate of drug-likeness (QED) is 0.447. The molecule has 0 aliphatic heterocycles. The lowest BCUT2D eigenvalue weighted by Gasteiger charge is -2.14. The number of ether oxygens (including phenoxy) is 1. The number of nitrogens with zero attached hydrogens (tertiary/aromatic N) is 1. The molecule has 1 atom stereocenters. The summed E-state index contributed by atoms with van der Waals surface area (Å²) in [5, 5.41) is 9.81. The first-order valence-corrected chi connectivity index (χ1v) is 9.84. The van der Waals surface area contributed by atoms with Gasteiger partial charge in [-0.25, -0.2) is 4.79 Å². The van der Waals surface area contributed by atoms with Crippen LogP contribution in [-0.2, 0) is 9.53 Å². The summed E-state index contributed by atoms with van der Waals surface area (Å²) in [6.45, 7) is -0.119. The largest absolute Gasteiger partial charge is 0.467 e. The first kappa shape index (κ1) is 21.2. The van der Waals surface area contributed by atoms with E-state index in [1.807, 2.05) is 97.1 Å². The number of benzene rings is 3. The van der Waals surface area contributed by atoms with E-state index in [4.69, 9.17) is 9.73 Å². The van der Waals surface area contributed by atoms with Gasteiger partial charge >= 0.3 is 5.97 Å². The minimum atomic E-state index is -0.726. The Morgan fingerprint density at radius 1 is 0.867 bits per heavy atom. The molecule has 0 fully saturated rings. The molecule has 3 aromatic carbocycles. The predicted octanol–water partition coefficient (Wildman–Crippen LogP) is 4.53. The zero-order valence-corrected chi connectivity index (χ0v) is 16.9. The fourth-order valence-corrected chi connectivity index (χ4v) is 3.18. The van der Waals surface area contributed by atoms with Gasteiger partial charge in [0, 0.05) is 11.1 Å². The number of aliphatic hydroxyl groups excluding tert-OH is 1. The van der Waals surface area contributed by atoms with Gasteiger partial charge in [0.2, 0.25) is 0 Å². The van der Waals surface area contributed by atoms with Crippen LogP contribution in [0.3, 0.4) is 0 Å². The van der Waals surface area contributed by atoms with E-state index in [9.17, 15) is 9.90 Å². The third-order valence-electron chi connectivity index (χ3n) is 4.76. The molecular formula is C26H25NO3.